The minimum absolute atomic E-state index is 0.00315. The molecule has 2 N–H and O–H groups in total. The zero-order valence-corrected chi connectivity index (χ0v) is 13.2. The van der Waals surface area contributed by atoms with Crippen molar-refractivity contribution in [2.75, 3.05) is 12.4 Å². The Labute approximate surface area is 129 Å². The Morgan fingerprint density at radius 1 is 1.33 bits per heavy atom. The van der Waals surface area contributed by atoms with Gasteiger partial charge in [0.15, 0.2) is 0 Å². The van der Waals surface area contributed by atoms with Gasteiger partial charge in [-0.05, 0) is 60.9 Å². The Morgan fingerprint density at radius 3 is 3.00 bits per heavy atom. The van der Waals surface area contributed by atoms with Gasteiger partial charge in [-0.1, -0.05) is 6.07 Å². The van der Waals surface area contributed by atoms with Crippen LogP contribution in [0.5, 0.6) is 0 Å². The predicted octanol–water partition coefficient (Wildman–Crippen LogP) is 3.91. The van der Waals surface area contributed by atoms with Crippen molar-refractivity contribution in [3.05, 3.63) is 51.2 Å². The third-order valence-electron chi connectivity index (χ3n) is 4.05. The molecule has 3 rings (SSSR count). The molecular formula is C17H20N2OS. The van der Waals surface area contributed by atoms with Gasteiger partial charge in [-0.15, -0.1) is 11.3 Å². The van der Waals surface area contributed by atoms with Crippen molar-refractivity contribution in [3.8, 4) is 0 Å². The number of aryl methyl sites for hydroxylation is 2. The molecule has 0 saturated carbocycles. The number of anilines is 1. The lowest BCUT2D eigenvalue weighted by molar-refractivity contribution is 0.0934. The molecule has 1 aromatic heterocycles. The highest BCUT2D eigenvalue weighted by atomic mass is 32.1. The molecule has 1 amide bonds. The van der Waals surface area contributed by atoms with Gasteiger partial charge in [0, 0.05) is 17.6 Å². The molecule has 110 valence electrons. The molecule has 0 radical (unpaired) electrons. The second-order valence-corrected chi connectivity index (χ2v) is 6.52. The Balaban J connectivity index is 1.82. The van der Waals surface area contributed by atoms with Gasteiger partial charge < -0.3 is 10.6 Å². The number of fused-ring (bicyclic) bond motifs is 1. The van der Waals surface area contributed by atoms with E-state index in [1.54, 1.807) is 11.3 Å². The Kier molecular flexibility index (Phi) is 3.97. The van der Waals surface area contributed by atoms with Crippen LogP contribution in [0.2, 0.25) is 0 Å². The standard InChI is InChI=1S/C17H20N2OS/c1-11-6-7-13(15(10-11)18-2)17(20)19-14-4-3-5-16-12(14)8-9-21-16/h6-10,14,18H,3-5H2,1-2H3,(H,19,20). The molecule has 0 aliphatic heterocycles. The molecule has 21 heavy (non-hydrogen) atoms. The van der Waals surface area contributed by atoms with E-state index < -0.39 is 0 Å². The number of nitrogens with one attached hydrogen (secondary N) is 2. The number of hydrogen-bond donors (Lipinski definition) is 2. The third kappa shape index (κ3) is 2.81. The highest BCUT2D eigenvalue weighted by Gasteiger charge is 2.23. The molecule has 1 atom stereocenters. The summed E-state index contributed by atoms with van der Waals surface area (Å²) in [7, 11) is 1.85. The summed E-state index contributed by atoms with van der Waals surface area (Å²) < 4.78 is 0. The minimum Gasteiger partial charge on any atom is -0.387 e. The molecule has 1 aromatic carbocycles. The predicted molar refractivity (Wildman–Crippen MR) is 88.2 cm³/mol. The molecule has 1 aliphatic rings. The van der Waals surface area contributed by atoms with Crippen LogP contribution in [-0.2, 0) is 6.42 Å². The van der Waals surface area contributed by atoms with E-state index in [0.717, 1.165) is 30.5 Å². The van der Waals surface area contributed by atoms with Crippen LogP contribution in [0.3, 0.4) is 0 Å². The van der Waals surface area contributed by atoms with E-state index in [-0.39, 0.29) is 11.9 Å². The highest BCUT2D eigenvalue weighted by molar-refractivity contribution is 7.10. The molecule has 0 saturated heterocycles. The van der Waals surface area contributed by atoms with Crippen molar-refractivity contribution in [1.29, 1.82) is 0 Å². The first-order chi connectivity index (χ1) is 10.2. The average molecular weight is 300 g/mol. The van der Waals surface area contributed by atoms with Gasteiger partial charge in [0.1, 0.15) is 0 Å². The molecule has 0 spiro atoms. The molecule has 1 heterocycles. The van der Waals surface area contributed by atoms with E-state index in [0.29, 0.717) is 5.56 Å². The fourth-order valence-electron chi connectivity index (χ4n) is 2.94. The molecule has 4 heteroatoms. The second-order valence-electron chi connectivity index (χ2n) is 5.52. The van der Waals surface area contributed by atoms with Gasteiger partial charge in [-0.25, -0.2) is 0 Å². The first-order valence-electron chi connectivity index (χ1n) is 7.34. The molecule has 0 bridgehead atoms. The fourth-order valence-corrected chi connectivity index (χ4v) is 3.92. The van der Waals surface area contributed by atoms with Crippen LogP contribution in [0.25, 0.3) is 0 Å². The van der Waals surface area contributed by atoms with Crippen molar-refractivity contribution in [1.82, 2.24) is 5.32 Å². The maximum atomic E-state index is 12.6. The number of carbonyl (C=O) groups excluding carboxylic acids is 1. The fraction of sp³-hybridized carbons (Fsp3) is 0.353. The normalized spacial score (nSPS) is 17.1. The summed E-state index contributed by atoms with van der Waals surface area (Å²) in [5.41, 5.74) is 4.05. The zero-order valence-electron chi connectivity index (χ0n) is 12.4. The number of carbonyl (C=O) groups is 1. The Morgan fingerprint density at radius 2 is 2.19 bits per heavy atom. The first-order valence-corrected chi connectivity index (χ1v) is 8.22. The molecule has 1 unspecified atom stereocenters. The van der Waals surface area contributed by atoms with Crippen molar-refractivity contribution in [3.63, 3.8) is 0 Å². The molecular weight excluding hydrogens is 280 g/mol. The number of amides is 1. The summed E-state index contributed by atoms with van der Waals surface area (Å²) >= 11 is 1.80. The number of rotatable bonds is 3. The van der Waals surface area contributed by atoms with Gasteiger partial charge in [-0.3, -0.25) is 4.79 Å². The average Bonchev–Trinajstić information content (AvgIpc) is 2.96. The summed E-state index contributed by atoms with van der Waals surface area (Å²) in [6.45, 7) is 2.03. The second kappa shape index (κ2) is 5.90. The largest absolute Gasteiger partial charge is 0.387 e. The van der Waals surface area contributed by atoms with Gasteiger partial charge >= 0.3 is 0 Å². The summed E-state index contributed by atoms with van der Waals surface area (Å²) in [6, 6.07) is 8.18. The van der Waals surface area contributed by atoms with E-state index in [1.807, 2.05) is 32.2 Å². The van der Waals surface area contributed by atoms with Gasteiger partial charge in [0.2, 0.25) is 0 Å². The van der Waals surface area contributed by atoms with Gasteiger partial charge in [-0.2, -0.15) is 0 Å². The first kappa shape index (κ1) is 14.1. The molecule has 0 fully saturated rings. The van der Waals surface area contributed by atoms with E-state index in [2.05, 4.69) is 22.1 Å². The number of benzene rings is 1. The van der Waals surface area contributed by atoms with Crippen LogP contribution in [0, 0.1) is 6.92 Å². The van der Waals surface area contributed by atoms with Gasteiger partial charge in [0.25, 0.3) is 5.91 Å². The van der Waals surface area contributed by atoms with Crippen LogP contribution in [0.15, 0.2) is 29.6 Å². The summed E-state index contributed by atoms with van der Waals surface area (Å²) in [6.07, 6.45) is 3.31. The number of thiophene rings is 1. The lowest BCUT2D eigenvalue weighted by Gasteiger charge is -2.24. The van der Waals surface area contributed by atoms with Crippen LogP contribution in [-0.4, -0.2) is 13.0 Å². The molecule has 3 nitrogen and oxygen atoms in total. The lowest BCUT2D eigenvalue weighted by Crippen LogP contribution is -2.30. The monoisotopic (exact) mass is 300 g/mol. The van der Waals surface area contributed by atoms with Crippen molar-refractivity contribution in [2.45, 2.75) is 32.2 Å². The van der Waals surface area contributed by atoms with Crippen LogP contribution in [0.4, 0.5) is 5.69 Å². The van der Waals surface area contributed by atoms with Crippen molar-refractivity contribution >= 4 is 22.9 Å². The third-order valence-corrected chi connectivity index (χ3v) is 5.04. The quantitative estimate of drug-likeness (QED) is 0.902. The molecule has 1 aliphatic carbocycles. The summed E-state index contributed by atoms with van der Waals surface area (Å²) in [4.78, 5) is 14.0. The lowest BCUT2D eigenvalue weighted by atomic mass is 9.93. The van der Waals surface area contributed by atoms with Crippen LogP contribution >= 0.6 is 11.3 Å². The SMILES string of the molecule is CNc1cc(C)ccc1C(=O)NC1CCCc2sccc21. The smallest absolute Gasteiger partial charge is 0.253 e. The van der Waals surface area contributed by atoms with E-state index >= 15 is 0 Å². The van der Waals surface area contributed by atoms with Crippen molar-refractivity contribution in [2.24, 2.45) is 0 Å². The summed E-state index contributed by atoms with van der Waals surface area (Å²) in [5.74, 6) is 0.00315. The van der Waals surface area contributed by atoms with Gasteiger partial charge in [0.05, 0.1) is 11.6 Å². The van der Waals surface area contributed by atoms with E-state index in [4.69, 9.17) is 0 Å². The van der Waals surface area contributed by atoms with Crippen LogP contribution < -0.4 is 10.6 Å². The highest BCUT2D eigenvalue weighted by Crippen LogP contribution is 2.33. The van der Waals surface area contributed by atoms with Crippen molar-refractivity contribution < 1.29 is 4.79 Å². The van der Waals surface area contributed by atoms with E-state index in [1.165, 1.54) is 10.4 Å². The van der Waals surface area contributed by atoms with E-state index in [9.17, 15) is 4.79 Å². The Hall–Kier alpha value is -1.81. The Bertz CT molecular complexity index is 663. The summed E-state index contributed by atoms with van der Waals surface area (Å²) in [5, 5.41) is 8.43. The topological polar surface area (TPSA) is 41.1 Å². The maximum absolute atomic E-state index is 12.6. The maximum Gasteiger partial charge on any atom is 0.253 e. The molecule has 2 aromatic rings. The zero-order chi connectivity index (χ0) is 14.8. The minimum atomic E-state index is 0.00315. The number of hydrogen-bond acceptors (Lipinski definition) is 3. The van der Waals surface area contributed by atoms with Crippen LogP contribution in [0.1, 0.15) is 45.2 Å².